The summed E-state index contributed by atoms with van der Waals surface area (Å²) in [6.07, 6.45) is 0. The zero-order valence-corrected chi connectivity index (χ0v) is 17.6. The number of anilines is 1. The number of carbonyl (C=O) groups is 3. The lowest BCUT2D eigenvalue weighted by molar-refractivity contribution is -0.118. The van der Waals surface area contributed by atoms with Gasteiger partial charge in [0.05, 0.1) is 16.2 Å². The number of amides is 2. The lowest BCUT2D eigenvalue weighted by Gasteiger charge is -2.17. The summed E-state index contributed by atoms with van der Waals surface area (Å²) >= 11 is 6.29. The Labute approximate surface area is 172 Å². The third kappa shape index (κ3) is 5.02. The van der Waals surface area contributed by atoms with Crippen molar-refractivity contribution in [2.75, 3.05) is 11.9 Å². The van der Waals surface area contributed by atoms with Crippen LogP contribution in [0.2, 0.25) is 5.02 Å². The SMILES string of the molecule is Cc1cc(NC(=O)c2c(Cl)c(C(=O)C(=O)NCC(C)(C)O)n(C)c2C)ccc1F. The molecule has 1 aromatic carbocycles. The van der Waals surface area contributed by atoms with E-state index < -0.39 is 29.0 Å². The first-order valence-electron chi connectivity index (χ1n) is 8.80. The van der Waals surface area contributed by atoms with Crippen LogP contribution >= 0.6 is 11.6 Å². The summed E-state index contributed by atoms with van der Waals surface area (Å²) in [6.45, 7) is 5.99. The first kappa shape index (κ1) is 22.6. The summed E-state index contributed by atoms with van der Waals surface area (Å²) in [5.74, 6) is -2.87. The predicted octanol–water partition coefficient (Wildman–Crippen LogP) is 2.76. The number of carbonyl (C=O) groups excluding carboxylic acids is 3. The van der Waals surface area contributed by atoms with Crippen LogP contribution in [0.4, 0.5) is 10.1 Å². The maximum Gasteiger partial charge on any atom is 0.294 e. The monoisotopic (exact) mass is 423 g/mol. The minimum atomic E-state index is -1.19. The normalized spacial score (nSPS) is 11.3. The average Bonchev–Trinajstić information content (AvgIpc) is 2.84. The topological polar surface area (TPSA) is 100 Å². The molecule has 0 aliphatic heterocycles. The number of hydrogen-bond acceptors (Lipinski definition) is 4. The summed E-state index contributed by atoms with van der Waals surface area (Å²) in [5.41, 5.74) is -0.193. The number of nitrogens with one attached hydrogen (secondary N) is 2. The van der Waals surface area contributed by atoms with Crippen molar-refractivity contribution in [3.8, 4) is 0 Å². The van der Waals surface area contributed by atoms with Crippen LogP contribution in [0.1, 0.15) is 46.0 Å². The van der Waals surface area contributed by atoms with E-state index in [2.05, 4.69) is 10.6 Å². The predicted molar refractivity (Wildman–Crippen MR) is 108 cm³/mol. The Balaban J connectivity index is 2.31. The molecule has 2 amide bonds. The standard InChI is InChI=1S/C20H23ClFN3O4/c1-10-8-12(6-7-13(10)22)24-18(27)14-11(2)25(5)16(15(14)21)17(26)19(28)23-9-20(3,4)29/h6-8,29H,9H2,1-5H3,(H,23,28)(H,24,27). The average molecular weight is 424 g/mol. The van der Waals surface area contributed by atoms with Gasteiger partial charge in [-0.05, 0) is 51.5 Å². The molecule has 2 aromatic rings. The summed E-state index contributed by atoms with van der Waals surface area (Å²) in [6, 6.07) is 4.10. The third-order valence-corrected chi connectivity index (χ3v) is 4.74. The number of aliphatic hydroxyl groups is 1. The molecule has 1 aromatic heterocycles. The minimum Gasteiger partial charge on any atom is -0.389 e. The van der Waals surface area contributed by atoms with Crippen LogP contribution in [0.5, 0.6) is 0 Å². The van der Waals surface area contributed by atoms with Crippen LogP contribution in [-0.4, -0.2) is 39.4 Å². The van der Waals surface area contributed by atoms with E-state index in [1.54, 1.807) is 13.8 Å². The number of benzene rings is 1. The van der Waals surface area contributed by atoms with E-state index in [9.17, 15) is 23.9 Å². The van der Waals surface area contributed by atoms with Gasteiger partial charge in [0.25, 0.3) is 17.6 Å². The lowest BCUT2D eigenvalue weighted by Crippen LogP contribution is -2.41. The van der Waals surface area contributed by atoms with Crippen molar-refractivity contribution in [1.29, 1.82) is 0 Å². The Kier molecular flexibility index (Phi) is 6.50. The zero-order valence-electron chi connectivity index (χ0n) is 16.8. The van der Waals surface area contributed by atoms with Gasteiger partial charge in [0.1, 0.15) is 11.5 Å². The smallest absolute Gasteiger partial charge is 0.294 e. The third-order valence-electron chi connectivity index (χ3n) is 4.37. The van der Waals surface area contributed by atoms with Crippen molar-refractivity contribution in [3.63, 3.8) is 0 Å². The van der Waals surface area contributed by atoms with E-state index >= 15 is 0 Å². The number of aromatic nitrogens is 1. The quantitative estimate of drug-likeness (QED) is 0.491. The van der Waals surface area contributed by atoms with E-state index in [1.165, 1.54) is 43.7 Å². The second kappa shape index (κ2) is 8.34. The van der Waals surface area contributed by atoms with E-state index in [1.807, 2.05) is 0 Å². The van der Waals surface area contributed by atoms with Crippen molar-refractivity contribution in [2.24, 2.45) is 7.05 Å². The largest absolute Gasteiger partial charge is 0.389 e. The Morgan fingerprint density at radius 2 is 1.86 bits per heavy atom. The molecule has 0 fully saturated rings. The first-order valence-corrected chi connectivity index (χ1v) is 9.18. The molecule has 0 saturated carbocycles. The van der Waals surface area contributed by atoms with Gasteiger partial charge in [-0.25, -0.2) is 4.39 Å². The van der Waals surface area contributed by atoms with Crippen molar-refractivity contribution in [3.05, 3.63) is 51.6 Å². The van der Waals surface area contributed by atoms with Crippen molar-refractivity contribution >= 4 is 34.9 Å². The first-order chi connectivity index (χ1) is 13.3. The molecule has 29 heavy (non-hydrogen) atoms. The second-order valence-corrected chi connectivity index (χ2v) is 7.80. The number of hydrogen-bond donors (Lipinski definition) is 3. The van der Waals surface area contributed by atoms with Gasteiger partial charge in [0.15, 0.2) is 0 Å². The van der Waals surface area contributed by atoms with Crippen molar-refractivity contribution in [2.45, 2.75) is 33.3 Å². The molecule has 2 rings (SSSR count). The molecule has 0 aliphatic carbocycles. The molecule has 0 saturated heterocycles. The van der Waals surface area contributed by atoms with Crippen LogP contribution < -0.4 is 10.6 Å². The molecule has 0 radical (unpaired) electrons. The van der Waals surface area contributed by atoms with Crippen molar-refractivity contribution in [1.82, 2.24) is 9.88 Å². The molecule has 9 heteroatoms. The van der Waals surface area contributed by atoms with Gasteiger partial charge >= 0.3 is 0 Å². The van der Waals surface area contributed by atoms with Gasteiger partial charge < -0.3 is 20.3 Å². The molecule has 0 aliphatic rings. The Morgan fingerprint density at radius 3 is 2.41 bits per heavy atom. The van der Waals surface area contributed by atoms with Gasteiger partial charge in [-0.15, -0.1) is 0 Å². The number of rotatable bonds is 6. The zero-order chi connectivity index (χ0) is 22.1. The van der Waals surface area contributed by atoms with Crippen molar-refractivity contribution < 1.29 is 23.9 Å². The minimum absolute atomic E-state index is 0.0368. The van der Waals surface area contributed by atoms with Crippen LogP contribution in [0.3, 0.4) is 0 Å². The highest BCUT2D eigenvalue weighted by atomic mass is 35.5. The number of aryl methyl sites for hydroxylation is 1. The molecule has 0 spiro atoms. The number of Topliss-reactive ketones (excluding diaryl/α,β-unsaturated/α-hetero) is 1. The van der Waals surface area contributed by atoms with E-state index in [-0.39, 0.29) is 22.8 Å². The van der Waals surface area contributed by atoms with Gasteiger partial charge in [0.2, 0.25) is 0 Å². The number of ketones is 1. The highest BCUT2D eigenvalue weighted by molar-refractivity contribution is 6.48. The summed E-state index contributed by atoms with van der Waals surface area (Å²) in [4.78, 5) is 37.4. The highest BCUT2D eigenvalue weighted by Gasteiger charge is 2.30. The Bertz CT molecular complexity index is 993. The molecule has 0 bridgehead atoms. The summed E-state index contributed by atoms with van der Waals surface area (Å²) in [5, 5.41) is 14.5. The summed E-state index contributed by atoms with van der Waals surface area (Å²) in [7, 11) is 1.51. The molecule has 1 heterocycles. The van der Waals surface area contributed by atoms with Gasteiger partial charge in [-0.3, -0.25) is 14.4 Å². The van der Waals surface area contributed by atoms with E-state index in [0.29, 0.717) is 16.9 Å². The van der Waals surface area contributed by atoms with E-state index in [0.717, 1.165) is 0 Å². The lowest BCUT2D eigenvalue weighted by atomic mass is 10.1. The summed E-state index contributed by atoms with van der Waals surface area (Å²) < 4.78 is 14.8. The molecular weight excluding hydrogens is 401 g/mol. The van der Waals surface area contributed by atoms with Crippen LogP contribution in [0.15, 0.2) is 18.2 Å². The fourth-order valence-corrected chi connectivity index (χ4v) is 3.11. The molecular formula is C20H23ClFN3O4. The van der Waals surface area contributed by atoms with Crippen LogP contribution in [0, 0.1) is 19.7 Å². The second-order valence-electron chi connectivity index (χ2n) is 7.42. The highest BCUT2D eigenvalue weighted by Crippen LogP contribution is 2.28. The molecule has 156 valence electrons. The fourth-order valence-electron chi connectivity index (χ4n) is 2.68. The Hall–Kier alpha value is -2.71. The van der Waals surface area contributed by atoms with Gasteiger partial charge in [-0.1, -0.05) is 11.6 Å². The molecule has 0 unspecified atom stereocenters. The number of nitrogens with zero attached hydrogens (tertiary/aromatic N) is 1. The van der Waals surface area contributed by atoms with E-state index in [4.69, 9.17) is 11.6 Å². The molecule has 7 nitrogen and oxygen atoms in total. The molecule has 3 N–H and O–H groups in total. The Morgan fingerprint density at radius 1 is 1.24 bits per heavy atom. The molecule has 0 atom stereocenters. The maximum absolute atomic E-state index is 13.4. The fraction of sp³-hybridized carbons (Fsp3) is 0.350. The van der Waals surface area contributed by atoms with Gasteiger partial charge in [-0.2, -0.15) is 0 Å². The van der Waals surface area contributed by atoms with Gasteiger partial charge in [0, 0.05) is 25.0 Å². The number of halogens is 2. The van der Waals surface area contributed by atoms with Crippen LogP contribution in [0.25, 0.3) is 0 Å². The van der Waals surface area contributed by atoms with Crippen LogP contribution in [-0.2, 0) is 11.8 Å². The maximum atomic E-state index is 13.4.